The molecule has 0 aliphatic carbocycles. The molecule has 10 nitrogen and oxygen atoms in total. The number of rotatable bonds is 13. The van der Waals surface area contributed by atoms with E-state index in [1.54, 1.807) is 0 Å². The maximum Gasteiger partial charge on any atom is 0.190 e. The Balaban J connectivity index is 0.000000537. The van der Waals surface area contributed by atoms with Crippen LogP contribution in [-0.2, 0) is 67.2 Å². The van der Waals surface area contributed by atoms with E-state index in [9.17, 15) is 0 Å². The summed E-state index contributed by atoms with van der Waals surface area (Å²) < 4.78 is 64.8. The standard InChI is InChI=1S/C40H50O10.C10H2/c1-26-32(42-22-28-17-11-7-12-18-28)33(43-23-29-19-13-8-14-20-29)30(24-41-21-27-15-9-6-10-16-27)45-37(26)47-35-34(31-25-44-39(2,3)48-31)46-38-36(35)49-40(4,5)50-38;1-3-5-7-9-10-8-6-4-2/h6-20,26,30-38H,21-25H2,1-5H3;1-2H/t26?,30?,31?,32-,33-,34?,35?,36-,37?,38?;/m0./s1. The molecule has 3 aromatic rings. The van der Waals surface area contributed by atoms with E-state index in [4.69, 9.17) is 60.2 Å². The smallest absolute Gasteiger partial charge is 0.190 e. The van der Waals surface area contributed by atoms with E-state index in [0.717, 1.165) is 16.7 Å². The van der Waals surface area contributed by atoms with Crippen LogP contribution in [-0.4, -0.2) is 80.1 Å². The zero-order valence-corrected chi connectivity index (χ0v) is 34.7. The van der Waals surface area contributed by atoms with E-state index >= 15 is 0 Å². The van der Waals surface area contributed by atoms with Crippen molar-refractivity contribution in [3.05, 3.63) is 108 Å². The first-order chi connectivity index (χ1) is 29.1. The number of hydrogen-bond donors (Lipinski definition) is 0. The summed E-state index contributed by atoms with van der Waals surface area (Å²) in [5.74, 6) is 16.6. The molecular weight excluding hydrogens is 761 g/mol. The summed E-state index contributed by atoms with van der Waals surface area (Å²) in [6.07, 6.45) is 4.96. The van der Waals surface area contributed by atoms with Crippen LogP contribution >= 0.6 is 0 Å². The van der Waals surface area contributed by atoms with Crippen molar-refractivity contribution in [3.63, 3.8) is 0 Å². The van der Waals surface area contributed by atoms with E-state index in [1.807, 2.05) is 94.4 Å². The fourth-order valence-corrected chi connectivity index (χ4v) is 7.37. The van der Waals surface area contributed by atoms with E-state index in [1.165, 1.54) is 0 Å². The lowest BCUT2D eigenvalue weighted by Crippen LogP contribution is -2.59. The maximum absolute atomic E-state index is 6.97. The largest absolute Gasteiger partial charge is 0.374 e. The summed E-state index contributed by atoms with van der Waals surface area (Å²) in [5.41, 5.74) is 3.20. The van der Waals surface area contributed by atoms with Gasteiger partial charge in [0.2, 0.25) is 0 Å². The van der Waals surface area contributed by atoms with Gasteiger partial charge in [0.15, 0.2) is 24.2 Å². The van der Waals surface area contributed by atoms with Crippen LogP contribution in [0.5, 0.6) is 0 Å². The molecule has 7 rings (SSSR count). The minimum Gasteiger partial charge on any atom is -0.374 e. The van der Waals surface area contributed by atoms with Crippen LogP contribution < -0.4 is 0 Å². The SMILES string of the molecule is C#CC#CC#CC#CC#C.CC1C(OC2C(C3COC(C)(C)O3)OC3OC(C)(C)O[C@H]32)OC(COCc2ccccc2)[C@H](OCc2ccccc2)[C@H]1OCc1ccccc1. The molecule has 4 aliphatic rings. The van der Waals surface area contributed by atoms with Crippen molar-refractivity contribution in [2.75, 3.05) is 13.2 Å². The topological polar surface area (TPSA) is 92.3 Å². The highest BCUT2D eigenvalue weighted by molar-refractivity contribution is 5.41. The first-order valence-electron chi connectivity index (χ1n) is 20.0. The van der Waals surface area contributed by atoms with Gasteiger partial charge >= 0.3 is 0 Å². The van der Waals surface area contributed by atoms with Gasteiger partial charge in [0.25, 0.3) is 0 Å². The van der Waals surface area contributed by atoms with Crippen LogP contribution in [0.25, 0.3) is 0 Å². The van der Waals surface area contributed by atoms with Crippen LogP contribution in [0.4, 0.5) is 0 Å². The second-order valence-corrected chi connectivity index (χ2v) is 15.5. The molecule has 0 N–H and O–H groups in total. The first kappa shape index (κ1) is 44.6. The molecule has 60 heavy (non-hydrogen) atoms. The Morgan fingerprint density at radius 3 is 1.67 bits per heavy atom. The highest BCUT2D eigenvalue weighted by Gasteiger charge is 2.60. The van der Waals surface area contributed by atoms with Gasteiger partial charge in [0, 0.05) is 5.92 Å². The highest BCUT2D eigenvalue weighted by atomic mass is 16.9. The van der Waals surface area contributed by atoms with Crippen LogP contribution in [0.15, 0.2) is 91.0 Å². The van der Waals surface area contributed by atoms with E-state index < -0.39 is 60.8 Å². The molecule has 3 aromatic carbocycles. The second-order valence-electron chi connectivity index (χ2n) is 15.5. The van der Waals surface area contributed by atoms with Crippen molar-refractivity contribution < 1.29 is 47.4 Å². The quantitative estimate of drug-likeness (QED) is 0.181. The van der Waals surface area contributed by atoms with E-state index in [2.05, 4.69) is 78.6 Å². The molecule has 312 valence electrons. The number of fused-ring (bicyclic) bond motifs is 1. The van der Waals surface area contributed by atoms with Gasteiger partial charge in [-0.3, -0.25) is 0 Å². The van der Waals surface area contributed by atoms with E-state index in [-0.39, 0.29) is 18.6 Å². The normalized spacial score (nSPS) is 29.3. The van der Waals surface area contributed by atoms with Crippen molar-refractivity contribution in [2.45, 2.75) is 121 Å². The molecule has 10 heteroatoms. The molecule has 0 saturated carbocycles. The highest BCUT2D eigenvalue weighted by Crippen LogP contribution is 2.44. The van der Waals surface area contributed by atoms with E-state index in [0.29, 0.717) is 26.4 Å². The molecule has 0 radical (unpaired) electrons. The maximum atomic E-state index is 6.97. The molecule has 7 unspecified atom stereocenters. The Hall–Kier alpha value is -4.94. The van der Waals surface area contributed by atoms with Crippen LogP contribution in [0.1, 0.15) is 51.3 Å². The molecule has 10 atom stereocenters. The van der Waals surface area contributed by atoms with Gasteiger partial charge in [-0.05, 0) is 91.7 Å². The predicted molar refractivity (Wildman–Crippen MR) is 223 cm³/mol. The molecule has 0 spiro atoms. The van der Waals surface area contributed by atoms with Gasteiger partial charge in [0.05, 0.1) is 39.1 Å². The molecule has 4 heterocycles. The third-order valence-electron chi connectivity index (χ3n) is 10.1. The van der Waals surface area contributed by atoms with Gasteiger partial charge in [-0.15, -0.1) is 12.8 Å². The van der Waals surface area contributed by atoms with Crippen molar-refractivity contribution >= 4 is 0 Å². The summed E-state index contributed by atoms with van der Waals surface area (Å²) in [6.45, 7) is 11.5. The summed E-state index contributed by atoms with van der Waals surface area (Å²) in [4.78, 5) is 0. The molecule has 0 bridgehead atoms. The summed E-state index contributed by atoms with van der Waals surface area (Å²) >= 11 is 0. The summed E-state index contributed by atoms with van der Waals surface area (Å²) in [5, 5.41) is 0. The number of hydrogen-bond acceptors (Lipinski definition) is 10. The van der Waals surface area contributed by atoms with Crippen molar-refractivity contribution in [1.29, 1.82) is 0 Å². The van der Waals surface area contributed by atoms with Crippen molar-refractivity contribution in [2.24, 2.45) is 5.92 Å². The third-order valence-corrected chi connectivity index (χ3v) is 10.1. The monoisotopic (exact) mass is 812 g/mol. The Morgan fingerprint density at radius 1 is 0.600 bits per heavy atom. The fraction of sp³-hybridized carbons (Fsp3) is 0.440. The molecule has 4 aliphatic heterocycles. The van der Waals surface area contributed by atoms with Crippen LogP contribution in [0, 0.1) is 66.1 Å². The lowest BCUT2D eigenvalue weighted by molar-refractivity contribution is -0.324. The van der Waals surface area contributed by atoms with Gasteiger partial charge in [0.1, 0.15) is 36.6 Å². The molecule has 0 aromatic heterocycles. The Kier molecular flexibility index (Phi) is 16.0. The summed E-state index contributed by atoms with van der Waals surface area (Å²) in [6, 6.07) is 30.4. The van der Waals surface area contributed by atoms with Gasteiger partial charge < -0.3 is 47.4 Å². The van der Waals surface area contributed by atoms with Gasteiger partial charge in [-0.2, -0.15) is 0 Å². The van der Waals surface area contributed by atoms with Gasteiger partial charge in [-0.1, -0.05) is 97.9 Å². The molecule has 4 fully saturated rings. The number of ether oxygens (including phenoxy) is 10. The van der Waals surface area contributed by atoms with Crippen LogP contribution in [0.3, 0.4) is 0 Å². The fourth-order valence-electron chi connectivity index (χ4n) is 7.37. The van der Waals surface area contributed by atoms with Crippen molar-refractivity contribution in [3.8, 4) is 60.2 Å². The Bertz CT molecular complexity index is 2060. The average Bonchev–Trinajstić information content (AvgIpc) is 3.88. The number of terminal acetylenes is 2. The lowest BCUT2D eigenvalue weighted by atomic mass is 9.91. The molecule has 0 amide bonds. The zero-order chi connectivity index (χ0) is 42.4. The Labute approximate surface area is 354 Å². The first-order valence-corrected chi connectivity index (χ1v) is 20.0. The summed E-state index contributed by atoms with van der Waals surface area (Å²) in [7, 11) is 0. The number of benzene rings is 3. The zero-order valence-electron chi connectivity index (χ0n) is 34.7. The van der Waals surface area contributed by atoms with Crippen LogP contribution in [0.2, 0.25) is 0 Å². The van der Waals surface area contributed by atoms with Gasteiger partial charge in [-0.25, -0.2) is 0 Å². The van der Waals surface area contributed by atoms with Crippen molar-refractivity contribution in [1.82, 2.24) is 0 Å². The predicted octanol–water partition coefficient (Wildman–Crippen LogP) is 6.41. The minimum atomic E-state index is -0.835. The third kappa shape index (κ3) is 12.5. The average molecular weight is 813 g/mol. The second kappa shape index (κ2) is 21.5. The molecule has 4 saturated heterocycles. The molecular formula is C50H52O10. The minimum absolute atomic E-state index is 0.253. The lowest BCUT2D eigenvalue weighted by Gasteiger charge is -2.46. The Morgan fingerprint density at radius 2 is 1.13 bits per heavy atom.